The first kappa shape index (κ1) is 13.3. The molecule has 3 nitrogen and oxygen atoms in total. The molecule has 0 atom stereocenters. The monoisotopic (exact) mass is 271 g/mol. The van der Waals surface area contributed by atoms with Crippen molar-refractivity contribution >= 4 is 28.7 Å². The van der Waals surface area contributed by atoms with Gasteiger partial charge in [-0.25, -0.2) is 4.39 Å². The van der Waals surface area contributed by atoms with E-state index in [0.717, 1.165) is 12.8 Å². The van der Waals surface area contributed by atoms with Crippen LogP contribution in [-0.2, 0) is 0 Å². The lowest BCUT2D eigenvalue weighted by Gasteiger charge is -2.20. The number of nitrogen functional groups attached to an aromatic ring is 2. The first-order chi connectivity index (χ1) is 8.59. The Morgan fingerprint density at radius 3 is 2.33 bits per heavy atom. The minimum atomic E-state index is -0.543. The van der Waals surface area contributed by atoms with E-state index >= 15 is 0 Å². The zero-order valence-corrected chi connectivity index (χ0v) is 11.1. The van der Waals surface area contributed by atoms with E-state index in [9.17, 15) is 4.39 Å². The summed E-state index contributed by atoms with van der Waals surface area (Å²) in [5.41, 5.74) is 12.2. The first-order valence-corrected chi connectivity index (χ1v) is 6.77. The molecule has 0 amide bonds. The number of nitrogens with two attached hydrogens (primary N) is 2. The molecule has 0 bridgehead atoms. The molecule has 18 heavy (non-hydrogen) atoms. The van der Waals surface area contributed by atoms with Gasteiger partial charge in [0.25, 0.3) is 0 Å². The molecule has 2 rings (SSSR count). The minimum absolute atomic E-state index is 0.0553. The van der Waals surface area contributed by atoms with Crippen LogP contribution in [0, 0.1) is 5.82 Å². The van der Waals surface area contributed by atoms with E-state index < -0.39 is 5.82 Å². The Kier molecular flexibility index (Phi) is 4.17. The van der Waals surface area contributed by atoms with Crippen molar-refractivity contribution in [1.29, 1.82) is 0 Å². The van der Waals surface area contributed by atoms with Crippen molar-refractivity contribution in [3.8, 4) is 0 Å². The van der Waals surface area contributed by atoms with Gasteiger partial charge in [-0.3, -0.25) is 0 Å². The standard InChI is InChI=1S/C13H19ClFN3/c14-11-9(16)7-10(17)13(12(11)15)18-8-5-3-1-2-4-6-8/h7-8,18H,1-6,16-17H2. The van der Waals surface area contributed by atoms with E-state index in [4.69, 9.17) is 23.1 Å². The number of halogens is 2. The van der Waals surface area contributed by atoms with Crippen LogP contribution in [0.3, 0.4) is 0 Å². The minimum Gasteiger partial charge on any atom is -0.397 e. The van der Waals surface area contributed by atoms with Gasteiger partial charge in [0, 0.05) is 6.04 Å². The Bertz CT molecular complexity index is 429. The summed E-state index contributed by atoms with van der Waals surface area (Å²) >= 11 is 5.81. The van der Waals surface area contributed by atoms with E-state index in [2.05, 4.69) is 5.32 Å². The Balaban J connectivity index is 2.20. The maximum absolute atomic E-state index is 14.0. The van der Waals surface area contributed by atoms with E-state index in [1.807, 2.05) is 0 Å². The highest BCUT2D eigenvalue weighted by molar-refractivity contribution is 6.33. The van der Waals surface area contributed by atoms with Gasteiger partial charge in [-0.2, -0.15) is 0 Å². The fourth-order valence-corrected chi connectivity index (χ4v) is 2.59. The maximum atomic E-state index is 14.0. The van der Waals surface area contributed by atoms with Crippen molar-refractivity contribution in [1.82, 2.24) is 0 Å². The number of hydrogen-bond acceptors (Lipinski definition) is 3. The molecule has 0 saturated heterocycles. The van der Waals surface area contributed by atoms with Crippen LogP contribution in [-0.4, -0.2) is 6.04 Å². The zero-order chi connectivity index (χ0) is 13.1. The van der Waals surface area contributed by atoms with E-state index in [1.165, 1.54) is 31.7 Å². The average Bonchev–Trinajstić information content (AvgIpc) is 2.60. The number of rotatable bonds is 2. The van der Waals surface area contributed by atoms with Crippen molar-refractivity contribution in [3.05, 3.63) is 16.9 Å². The second-order valence-electron chi connectivity index (χ2n) is 4.89. The zero-order valence-electron chi connectivity index (χ0n) is 10.3. The van der Waals surface area contributed by atoms with Gasteiger partial charge >= 0.3 is 0 Å². The van der Waals surface area contributed by atoms with E-state index in [0.29, 0.717) is 11.4 Å². The summed E-state index contributed by atoms with van der Waals surface area (Å²) in [4.78, 5) is 0. The Hall–Kier alpha value is -1.16. The maximum Gasteiger partial charge on any atom is 0.169 e. The molecule has 0 spiro atoms. The molecule has 1 saturated carbocycles. The second-order valence-corrected chi connectivity index (χ2v) is 5.27. The molecule has 1 aromatic carbocycles. The van der Waals surface area contributed by atoms with Crippen molar-refractivity contribution in [2.24, 2.45) is 0 Å². The third-order valence-electron chi connectivity index (χ3n) is 3.47. The summed E-state index contributed by atoms with van der Waals surface area (Å²) in [6.07, 6.45) is 6.92. The number of benzene rings is 1. The summed E-state index contributed by atoms with van der Waals surface area (Å²) in [5.74, 6) is -0.543. The number of anilines is 3. The van der Waals surface area contributed by atoms with Crippen molar-refractivity contribution < 1.29 is 4.39 Å². The topological polar surface area (TPSA) is 64.1 Å². The highest BCUT2D eigenvalue weighted by Crippen LogP contribution is 2.35. The van der Waals surface area contributed by atoms with Gasteiger partial charge in [0.1, 0.15) is 5.02 Å². The molecule has 0 aliphatic heterocycles. The molecule has 0 aromatic heterocycles. The highest BCUT2D eigenvalue weighted by Gasteiger charge is 2.18. The Morgan fingerprint density at radius 1 is 1.11 bits per heavy atom. The SMILES string of the molecule is Nc1cc(N)c(NC2CCCCCC2)c(F)c1Cl. The third kappa shape index (κ3) is 2.80. The second kappa shape index (κ2) is 5.65. The van der Waals surface area contributed by atoms with Gasteiger partial charge in [-0.15, -0.1) is 0 Å². The largest absolute Gasteiger partial charge is 0.397 e. The number of nitrogens with one attached hydrogen (secondary N) is 1. The highest BCUT2D eigenvalue weighted by atomic mass is 35.5. The third-order valence-corrected chi connectivity index (χ3v) is 3.85. The average molecular weight is 272 g/mol. The summed E-state index contributed by atoms with van der Waals surface area (Å²) in [6.45, 7) is 0. The summed E-state index contributed by atoms with van der Waals surface area (Å²) in [5, 5.41) is 3.13. The quantitative estimate of drug-likeness (QED) is 0.567. The Labute approximate surface area is 112 Å². The van der Waals surface area contributed by atoms with Gasteiger partial charge in [-0.1, -0.05) is 37.3 Å². The Morgan fingerprint density at radius 2 is 1.72 bits per heavy atom. The van der Waals surface area contributed by atoms with Gasteiger partial charge in [0.05, 0.1) is 17.1 Å². The van der Waals surface area contributed by atoms with E-state index in [-0.39, 0.29) is 16.8 Å². The molecule has 1 aliphatic rings. The van der Waals surface area contributed by atoms with Crippen molar-refractivity contribution in [2.45, 2.75) is 44.6 Å². The van der Waals surface area contributed by atoms with Crippen LogP contribution in [0.4, 0.5) is 21.5 Å². The van der Waals surface area contributed by atoms with Crippen LogP contribution in [0.5, 0.6) is 0 Å². The van der Waals surface area contributed by atoms with Crippen LogP contribution in [0.15, 0.2) is 6.07 Å². The van der Waals surface area contributed by atoms with Crippen LogP contribution in [0.1, 0.15) is 38.5 Å². The predicted molar refractivity (Wildman–Crippen MR) is 75.3 cm³/mol. The molecule has 5 N–H and O–H groups in total. The van der Waals surface area contributed by atoms with Crippen molar-refractivity contribution in [2.75, 3.05) is 16.8 Å². The molecule has 1 fully saturated rings. The molecular formula is C13H19ClFN3. The molecule has 0 radical (unpaired) electrons. The fraction of sp³-hybridized carbons (Fsp3) is 0.538. The molecular weight excluding hydrogens is 253 g/mol. The van der Waals surface area contributed by atoms with Crippen LogP contribution in [0.2, 0.25) is 5.02 Å². The van der Waals surface area contributed by atoms with Gasteiger partial charge < -0.3 is 16.8 Å². The first-order valence-electron chi connectivity index (χ1n) is 6.39. The molecule has 5 heteroatoms. The molecule has 1 aliphatic carbocycles. The number of hydrogen-bond donors (Lipinski definition) is 3. The van der Waals surface area contributed by atoms with Crippen LogP contribution < -0.4 is 16.8 Å². The molecule has 0 unspecified atom stereocenters. The fourth-order valence-electron chi connectivity index (χ4n) is 2.44. The smallest absolute Gasteiger partial charge is 0.169 e. The van der Waals surface area contributed by atoms with Gasteiger partial charge in [0.15, 0.2) is 5.82 Å². The van der Waals surface area contributed by atoms with Gasteiger partial charge in [0.2, 0.25) is 0 Å². The van der Waals surface area contributed by atoms with Gasteiger partial charge in [-0.05, 0) is 18.9 Å². The molecule has 100 valence electrons. The van der Waals surface area contributed by atoms with Crippen molar-refractivity contribution in [3.63, 3.8) is 0 Å². The lowest BCUT2D eigenvalue weighted by atomic mass is 10.1. The lowest BCUT2D eigenvalue weighted by molar-refractivity contribution is 0.598. The molecule has 1 aromatic rings. The summed E-state index contributed by atoms with van der Waals surface area (Å²) in [6, 6.07) is 1.77. The van der Waals surface area contributed by atoms with E-state index in [1.54, 1.807) is 0 Å². The van der Waals surface area contributed by atoms with Crippen LogP contribution >= 0.6 is 11.6 Å². The lowest BCUT2D eigenvalue weighted by Crippen LogP contribution is -2.20. The predicted octanol–water partition coefficient (Wildman–Crippen LogP) is 3.78. The van der Waals surface area contributed by atoms with Crippen LogP contribution in [0.25, 0.3) is 0 Å². The summed E-state index contributed by atoms with van der Waals surface area (Å²) < 4.78 is 14.0. The summed E-state index contributed by atoms with van der Waals surface area (Å²) in [7, 11) is 0. The normalized spacial score (nSPS) is 17.4. The molecule has 0 heterocycles.